The van der Waals surface area contributed by atoms with Gasteiger partial charge in [0.2, 0.25) is 0 Å². The Bertz CT molecular complexity index is 655. The van der Waals surface area contributed by atoms with Gasteiger partial charge in [-0.1, -0.05) is 6.92 Å². The van der Waals surface area contributed by atoms with E-state index in [0.29, 0.717) is 33.5 Å². The summed E-state index contributed by atoms with van der Waals surface area (Å²) in [5, 5.41) is 0.696. The van der Waals surface area contributed by atoms with Gasteiger partial charge in [-0.3, -0.25) is 10.2 Å². The van der Waals surface area contributed by atoms with Crippen LogP contribution >= 0.6 is 11.3 Å². The monoisotopic (exact) mass is 307 g/mol. The number of hydrogen-bond acceptors (Lipinski definition) is 6. The molecule has 1 aromatic carbocycles. The van der Waals surface area contributed by atoms with Crippen molar-refractivity contribution in [1.29, 1.82) is 0 Å². The number of nitrogens with zero attached hydrogens (tertiary/aromatic N) is 1. The quantitative estimate of drug-likeness (QED) is 0.501. The third kappa shape index (κ3) is 2.98. The van der Waals surface area contributed by atoms with Crippen molar-refractivity contribution >= 4 is 17.2 Å². The van der Waals surface area contributed by atoms with E-state index in [4.69, 9.17) is 15.3 Å². The highest BCUT2D eigenvalue weighted by Crippen LogP contribution is 2.37. The van der Waals surface area contributed by atoms with Gasteiger partial charge in [-0.25, -0.2) is 10.8 Å². The summed E-state index contributed by atoms with van der Waals surface area (Å²) in [5.41, 5.74) is 3.64. The fourth-order valence-electron chi connectivity index (χ4n) is 1.93. The second-order valence-electron chi connectivity index (χ2n) is 4.19. The molecule has 6 nitrogen and oxygen atoms in total. The highest BCUT2D eigenvalue weighted by Gasteiger charge is 2.19. The van der Waals surface area contributed by atoms with E-state index in [-0.39, 0.29) is 5.91 Å². The Kier molecular flexibility index (Phi) is 4.77. The van der Waals surface area contributed by atoms with Crippen molar-refractivity contribution in [3.63, 3.8) is 0 Å². The molecule has 7 heteroatoms. The zero-order valence-corrected chi connectivity index (χ0v) is 12.9. The summed E-state index contributed by atoms with van der Waals surface area (Å²) in [7, 11) is 3.19. The number of carbonyl (C=O) groups excluding carboxylic acids is 1. The number of carbonyl (C=O) groups is 1. The standard InChI is InChI=1S/C14H17N3O3S/c1-4-10-12(13(18)17-15)21-14(16-10)9-7-8(19-2)5-6-11(9)20-3/h5-7H,4,15H2,1-3H3,(H,17,18). The van der Waals surface area contributed by atoms with Gasteiger partial charge in [0, 0.05) is 0 Å². The SMILES string of the molecule is CCc1nc(-c2cc(OC)ccc2OC)sc1C(=O)NN. The molecule has 21 heavy (non-hydrogen) atoms. The molecule has 1 amide bonds. The molecule has 0 aliphatic carbocycles. The number of methoxy groups -OCH3 is 2. The van der Waals surface area contributed by atoms with E-state index >= 15 is 0 Å². The summed E-state index contributed by atoms with van der Waals surface area (Å²) in [6.07, 6.45) is 0.644. The maximum Gasteiger partial charge on any atom is 0.277 e. The van der Waals surface area contributed by atoms with Crippen LogP contribution in [0, 0.1) is 0 Å². The van der Waals surface area contributed by atoms with Crippen LogP contribution in [0.15, 0.2) is 18.2 Å². The van der Waals surface area contributed by atoms with Crippen LogP contribution in [0.2, 0.25) is 0 Å². The number of nitrogens with one attached hydrogen (secondary N) is 1. The lowest BCUT2D eigenvalue weighted by molar-refractivity contribution is 0.0956. The normalized spacial score (nSPS) is 10.3. The van der Waals surface area contributed by atoms with Crippen LogP contribution in [0.4, 0.5) is 0 Å². The number of nitrogen functional groups attached to an aromatic ring is 1. The number of hydrogen-bond donors (Lipinski definition) is 2. The minimum atomic E-state index is -0.336. The molecule has 0 saturated carbocycles. The fourth-order valence-corrected chi connectivity index (χ4v) is 3.01. The maximum atomic E-state index is 11.8. The van der Waals surface area contributed by atoms with Crippen molar-refractivity contribution in [3.05, 3.63) is 28.8 Å². The van der Waals surface area contributed by atoms with Crippen LogP contribution < -0.4 is 20.7 Å². The van der Waals surface area contributed by atoms with Gasteiger partial charge in [0.25, 0.3) is 5.91 Å². The summed E-state index contributed by atoms with van der Waals surface area (Å²) in [6, 6.07) is 5.45. The zero-order chi connectivity index (χ0) is 15.4. The largest absolute Gasteiger partial charge is 0.497 e. The lowest BCUT2D eigenvalue weighted by atomic mass is 10.2. The van der Waals surface area contributed by atoms with E-state index in [9.17, 15) is 4.79 Å². The number of benzene rings is 1. The summed E-state index contributed by atoms with van der Waals surface area (Å²) >= 11 is 1.28. The molecule has 0 aliphatic rings. The van der Waals surface area contributed by atoms with Crippen LogP contribution in [0.5, 0.6) is 11.5 Å². The predicted octanol–water partition coefficient (Wildman–Crippen LogP) is 1.99. The molecule has 112 valence electrons. The fraction of sp³-hybridized carbons (Fsp3) is 0.286. The van der Waals surface area contributed by atoms with E-state index < -0.39 is 0 Å². The second kappa shape index (κ2) is 6.55. The van der Waals surface area contributed by atoms with Crippen LogP contribution in [0.1, 0.15) is 22.3 Å². The minimum Gasteiger partial charge on any atom is -0.497 e. The number of aromatic nitrogens is 1. The van der Waals surface area contributed by atoms with Crippen molar-refractivity contribution < 1.29 is 14.3 Å². The Labute approximate surface area is 126 Å². The lowest BCUT2D eigenvalue weighted by Crippen LogP contribution is -2.29. The Morgan fingerprint density at radius 2 is 2.14 bits per heavy atom. The highest BCUT2D eigenvalue weighted by molar-refractivity contribution is 7.17. The molecule has 0 unspecified atom stereocenters. The number of rotatable bonds is 5. The average molecular weight is 307 g/mol. The summed E-state index contributed by atoms with van der Waals surface area (Å²) in [4.78, 5) is 16.8. The van der Waals surface area contributed by atoms with E-state index in [1.807, 2.05) is 25.1 Å². The molecule has 0 spiro atoms. The molecule has 2 aromatic rings. The number of thiazole rings is 1. The van der Waals surface area contributed by atoms with Gasteiger partial charge in [-0.05, 0) is 24.6 Å². The Balaban J connectivity index is 2.56. The van der Waals surface area contributed by atoms with Crippen molar-refractivity contribution in [2.75, 3.05) is 14.2 Å². The number of hydrazine groups is 1. The predicted molar refractivity (Wildman–Crippen MR) is 81.7 cm³/mol. The number of nitrogens with two attached hydrogens (primary N) is 1. The molecule has 0 radical (unpaired) electrons. The van der Waals surface area contributed by atoms with Crippen LogP contribution in [0.3, 0.4) is 0 Å². The summed E-state index contributed by atoms with van der Waals surface area (Å²) in [6.45, 7) is 1.94. The average Bonchev–Trinajstić information content (AvgIpc) is 2.97. The van der Waals surface area contributed by atoms with E-state index in [2.05, 4.69) is 10.4 Å². The first-order valence-electron chi connectivity index (χ1n) is 6.37. The van der Waals surface area contributed by atoms with Crippen LogP contribution in [-0.2, 0) is 6.42 Å². The number of ether oxygens (including phenoxy) is 2. The van der Waals surface area contributed by atoms with Crippen molar-refractivity contribution in [2.24, 2.45) is 5.84 Å². The zero-order valence-electron chi connectivity index (χ0n) is 12.1. The van der Waals surface area contributed by atoms with Gasteiger partial charge in [0.05, 0.1) is 25.5 Å². The number of amides is 1. The van der Waals surface area contributed by atoms with Gasteiger partial charge in [0.1, 0.15) is 21.4 Å². The molecule has 0 saturated heterocycles. The van der Waals surface area contributed by atoms with Crippen molar-refractivity contribution in [2.45, 2.75) is 13.3 Å². The smallest absolute Gasteiger partial charge is 0.277 e. The molecule has 1 heterocycles. The Morgan fingerprint density at radius 3 is 2.71 bits per heavy atom. The molecule has 0 atom stereocenters. The van der Waals surface area contributed by atoms with Gasteiger partial charge in [0.15, 0.2) is 0 Å². The van der Waals surface area contributed by atoms with Crippen molar-refractivity contribution in [3.8, 4) is 22.1 Å². The minimum absolute atomic E-state index is 0.336. The third-order valence-corrected chi connectivity index (χ3v) is 4.14. The van der Waals surface area contributed by atoms with Crippen LogP contribution in [0.25, 0.3) is 10.6 Å². The van der Waals surface area contributed by atoms with Crippen LogP contribution in [-0.4, -0.2) is 25.1 Å². The molecule has 3 N–H and O–H groups in total. The number of aryl methyl sites for hydroxylation is 1. The van der Waals surface area contributed by atoms with E-state index in [1.165, 1.54) is 11.3 Å². The molecule has 0 bridgehead atoms. The molecule has 0 fully saturated rings. The van der Waals surface area contributed by atoms with Gasteiger partial charge in [-0.15, -0.1) is 11.3 Å². The van der Waals surface area contributed by atoms with Gasteiger partial charge in [-0.2, -0.15) is 0 Å². The topological polar surface area (TPSA) is 86.5 Å². The Hall–Kier alpha value is -2.12. The van der Waals surface area contributed by atoms with Crippen molar-refractivity contribution in [1.82, 2.24) is 10.4 Å². The molecular weight excluding hydrogens is 290 g/mol. The van der Waals surface area contributed by atoms with E-state index in [0.717, 1.165) is 5.56 Å². The molecular formula is C14H17N3O3S. The Morgan fingerprint density at radius 1 is 1.38 bits per heavy atom. The molecule has 2 rings (SSSR count). The summed E-state index contributed by atoms with van der Waals surface area (Å²) in [5.74, 6) is 6.25. The van der Waals surface area contributed by atoms with Gasteiger partial charge < -0.3 is 9.47 Å². The molecule has 0 aliphatic heterocycles. The summed E-state index contributed by atoms with van der Waals surface area (Å²) < 4.78 is 10.6. The first-order chi connectivity index (χ1) is 10.1. The first kappa shape index (κ1) is 15.3. The third-order valence-electron chi connectivity index (χ3n) is 3.01. The van der Waals surface area contributed by atoms with E-state index in [1.54, 1.807) is 14.2 Å². The van der Waals surface area contributed by atoms with Gasteiger partial charge >= 0.3 is 0 Å². The molecule has 1 aromatic heterocycles. The lowest BCUT2D eigenvalue weighted by Gasteiger charge is -2.08. The maximum absolute atomic E-state index is 11.8. The second-order valence-corrected chi connectivity index (χ2v) is 5.19. The first-order valence-corrected chi connectivity index (χ1v) is 7.19. The highest BCUT2D eigenvalue weighted by atomic mass is 32.1.